The van der Waals surface area contributed by atoms with Gasteiger partial charge in [0.25, 0.3) is 0 Å². The van der Waals surface area contributed by atoms with Gasteiger partial charge in [-0.3, -0.25) is 4.79 Å². The van der Waals surface area contributed by atoms with E-state index >= 15 is 0 Å². The fourth-order valence-electron chi connectivity index (χ4n) is 3.01. The third-order valence-electron chi connectivity index (χ3n) is 4.62. The predicted molar refractivity (Wildman–Crippen MR) is 100 cm³/mol. The van der Waals surface area contributed by atoms with Crippen LogP contribution in [0.15, 0.2) is 53.4 Å². The number of ether oxygens (including phenoxy) is 1. The molecule has 0 saturated carbocycles. The Morgan fingerprint density at radius 3 is 2.12 bits per heavy atom. The van der Waals surface area contributed by atoms with Gasteiger partial charge in [-0.25, -0.2) is 8.42 Å². The van der Waals surface area contributed by atoms with E-state index in [4.69, 9.17) is 4.74 Å². The SMILES string of the molecule is CC(=O)c1ccc(S(=O)(=O)N2CCC(Oc3ccc(C)cc3)CC2)cc1. The van der Waals surface area contributed by atoms with E-state index in [1.165, 1.54) is 28.9 Å². The highest BCUT2D eigenvalue weighted by atomic mass is 32.2. The molecule has 0 spiro atoms. The molecule has 2 aromatic rings. The smallest absolute Gasteiger partial charge is 0.243 e. The zero-order valence-corrected chi connectivity index (χ0v) is 15.8. The zero-order chi connectivity index (χ0) is 18.7. The molecule has 1 heterocycles. The maximum Gasteiger partial charge on any atom is 0.243 e. The minimum atomic E-state index is -3.54. The average Bonchev–Trinajstić information content (AvgIpc) is 2.64. The Labute approximate surface area is 154 Å². The van der Waals surface area contributed by atoms with Crippen molar-refractivity contribution in [3.05, 3.63) is 59.7 Å². The Bertz CT molecular complexity index is 865. The molecule has 1 saturated heterocycles. The van der Waals surface area contributed by atoms with Crippen LogP contribution in [-0.2, 0) is 10.0 Å². The summed E-state index contributed by atoms with van der Waals surface area (Å²) >= 11 is 0. The normalized spacial score (nSPS) is 16.4. The second-order valence-corrected chi connectivity index (χ2v) is 8.55. The second kappa shape index (κ2) is 7.60. The summed E-state index contributed by atoms with van der Waals surface area (Å²) in [6, 6.07) is 14.0. The molecule has 26 heavy (non-hydrogen) atoms. The van der Waals surface area contributed by atoms with E-state index in [9.17, 15) is 13.2 Å². The molecule has 0 unspecified atom stereocenters. The molecule has 138 valence electrons. The van der Waals surface area contributed by atoms with Crippen LogP contribution in [0, 0.1) is 6.92 Å². The average molecular weight is 373 g/mol. The lowest BCUT2D eigenvalue weighted by atomic mass is 10.1. The quantitative estimate of drug-likeness (QED) is 0.753. The minimum absolute atomic E-state index is 0.0178. The summed E-state index contributed by atoms with van der Waals surface area (Å²) in [5.41, 5.74) is 1.68. The molecule has 0 atom stereocenters. The monoisotopic (exact) mass is 373 g/mol. The van der Waals surface area contributed by atoms with Crippen molar-refractivity contribution in [2.24, 2.45) is 0 Å². The van der Waals surface area contributed by atoms with Gasteiger partial charge in [-0.1, -0.05) is 29.8 Å². The second-order valence-electron chi connectivity index (χ2n) is 6.61. The Morgan fingerprint density at radius 2 is 1.58 bits per heavy atom. The molecule has 6 heteroatoms. The number of aryl methyl sites for hydroxylation is 1. The van der Waals surface area contributed by atoms with Crippen molar-refractivity contribution in [1.29, 1.82) is 0 Å². The van der Waals surface area contributed by atoms with Gasteiger partial charge in [0.2, 0.25) is 10.0 Å². The molecule has 0 N–H and O–H groups in total. The van der Waals surface area contributed by atoms with Gasteiger partial charge >= 0.3 is 0 Å². The van der Waals surface area contributed by atoms with E-state index in [2.05, 4.69) is 0 Å². The van der Waals surface area contributed by atoms with Crippen LogP contribution >= 0.6 is 0 Å². The lowest BCUT2D eigenvalue weighted by molar-refractivity contribution is 0.101. The molecule has 3 rings (SSSR count). The topological polar surface area (TPSA) is 63.7 Å². The molecule has 5 nitrogen and oxygen atoms in total. The lowest BCUT2D eigenvalue weighted by Gasteiger charge is -2.31. The summed E-state index contributed by atoms with van der Waals surface area (Å²) in [6.07, 6.45) is 1.32. The van der Waals surface area contributed by atoms with Gasteiger partial charge in [0, 0.05) is 18.7 Å². The van der Waals surface area contributed by atoms with Crippen LogP contribution < -0.4 is 4.74 Å². The first-order valence-corrected chi connectivity index (χ1v) is 10.1. The first kappa shape index (κ1) is 18.6. The van der Waals surface area contributed by atoms with Gasteiger partial charge in [0.1, 0.15) is 11.9 Å². The largest absolute Gasteiger partial charge is 0.490 e. The number of rotatable bonds is 5. The van der Waals surface area contributed by atoms with E-state index in [0.29, 0.717) is 31.5 Å². The van der Waals surface area contributed by atoms with E-state index in [-0.39, 0.29) is 16.8 Å². The molecule has 1 fully saturated rings. The Kier molecular flexibility index (Phi) is 5.44. The summed E-state index contributed by atoms with van der Waals surface area (Å²) in [6.45, 7) is 4.33. The van der Waals surface area contributed by atoms with Crippen molar-refractivity contribution in [3.8, 4) is 5.75 Å². The van der Waals surface area contributed by atoms with Crippen molar-refractivity contribution in [3.63, 3.8) is 0 Å². The van der Waals surface area contributed by atoms with Crippen LogP contribution in [0.4, 0.5) is 0 Å². The fourth-order valence-corrected chi connectivity index (χ4v) is 4.48. The van der Waals surface area contributed by atoms with E-state index in [1.807, 2.05) is 31.2 Å². The van der Waals surface area contributed by atoms with Crippen LogP contribution in [0.3, 0.4) is 0 Å². The molecule has 0 radical (unpaired) electrons. The highest BCUT2D eigenvalue weighted by molar-refractivity contribution is 7.89. The van der Waals surface area contributed by atoms with Crippen LogP contribution in [-0.4, -0.2) is 37.7 Å². The van der Waals surface area contributed by atoms with Crippen LogP contribution in [0.25, 0.3) is 0 Å². The molecular weight excluding hydrogens is 350 g/mol. The molecule has 1 aliphatic heterocycles. The summed E-state index contributed by atoms with van der Waals surface area (Å²) < 4.78 is 33.0. The first-order chi connectivity index (χ1) is 12.4. The number of hydrogen-bond donors (Lipinski definition) is 0. The summed E-state index contributed by atoms with van der Waals surface area (Å²) in [5, 5.41) is 0. The molecule has 0 aliphatic carbocycles. The first-order valence-electron chi connectivity index (χ1n) is 8.71. The Morgan fingerprint density at radius 1 is 1.00 bits per heavy atom. The maximum absolute atomic E-state index is 12.8. The molecule has 1 aliphatic rings. The van der Waals surface area contributed by atoms with Crippen LogP contribution in [0.2, 0.25) is 0 Å². The number of piperidine rings is 1. The van der Waals surface area contributed by atoms with E-state index in [1.54, 1.807) is 12.1 Å². The number of carbonyl (C=O) groups excluding carboxylic acids is 1. The molecule has 0 bridgehead atoms. The number of nitrogens with zero attached hydrogens (tertiary/aromatic N) is 1. The maximum atomic E-state index is 12.8. The molecule has 0 aromatic heterocycles. The zero-order valence-electron chi connectivity index (χ0n) is 15.0. The van der Waals surface area contributed by atoms with E-state index in [0.717, 1.165) is 5.75 Å². The highest BCUT2D eigenvalue weighted by Gasteiger charge is 2.30. The van der Waals surface area contributed by atoms with E-state index < -0.39 is 10.0 Å². The summed E-state index contributed by atoms with van der Waals surface area (Å²) in [7, 11) is -3.54. The molecular formula is C20H23NO4S. The van der Waals surface area contributed by atoms with Gasteiger partial charge in [-0.2, -0.15) is 4.31 Å². The Balaban J connectivity index is 1.62. The minimum Gasteiger partial charge on any atom is -0.490 e. The van der Waals surface area contributed by atoms with Crippen LogP contribution in [0.5, 0.6) is 5.75 Å². The van der Waals surface area contributed by atoms with Gasteiger partial charge in [-0.15, -0.1) is 0 Å². The van der Waals surface area contributed by atoms with Gasteiger partial charge in [-0.05, 0) is 51.0 Å². The highest BCUT2D eigenvalue weighted by Crippen LogP contribution is 2.24. The number of sulfonamides is 1. The summed E-state index contributed by atoms with van der Waals surface area (Å²) in [4.78, 5) is 11.6. The number of carbonyl (C=O) groups is 1. The van der Waals surface area contributed by atoms with Crippen molar-refractivity contribution in [2.75, 3.05) is 13.1 Å². The van der Waals surface area contributed by atoms with Gasteiger partial charge < -0.3 is 4.74 Å². The third-order valence-corrected chi connectivity index (χ3v) is 6.54. The Hall–Kier alpha value is -2.18. The number of Topliss-reactive ketones (excluding diaryl/α,β-unsaturated/α-hetero) is 1. The standard InChI is InChI=1S/C20H23NO4S/c1-15-3-7-18(8-4-15)25-19-11-13-21(14-12-19)26(23,24)20-9-5-17(6-10-20)16(2)22/h3-10,19H,11-14H2,1-2H3. The molecule has 2 aromatic carbocycles. The number of hydrogen-bond acceptors (Lipinski definition) is 4. The van der Waals surface area contributed by atoms with Crippen molar-refractivity contribution < 1.29 is 17.9 Å². The van der Waals surface area contributed by atoms with Crippen molar-refractivity contribution >= 4 is 15.8 Å². The third kappa shape index (κ3) is 4.14. The van der Waals surface area contributed by atoms with Gasteiger partial charge in [0.05, 0.1) is 4.90 Å². The number of benzene rings is 2. The summed E-state index contributed by atoms with van der Waals surface area (Å²) in [5.74, 6) is 0.736. The van der Waals surface area contributed by atoms with Crippen LogP contribution in [0.1, 0.15) is 35.7 Å². The fraction of sp³-hybridized carbons (Fsp3) is 0.350. The lowest BCUT2D eigenvalue weighted by Crippen LogP contribution is -2.41. The molecule has 0 amide bonds. The van der Waals surface area contributed by atoms with Crippen molar-refractivity contribution in [1.82, 2.24) is 4.31 Å². The number of ketones is 1. The van der Waals surface area contributed by atoms with Crippen molar-refractivity contribution in [2.45, 2.75) is 37.7 Å². The predicted octanol–water partition coefficient (Wildman–Crippen LogP) is 3.43. The van der Waals surface area contributed by atoms with Gasteiger partial charge in [0.15, 0.2) is 5.78 Å².